The van der Waals surface area contributed by atoms with Crippen LogP contribution in [0, 0.1) is 6.92 Å². The summed E-state index contributed by atoms with van der Waals surface area (Å²) >= 11 is 0. The zero-order valence-electron chi connectivity index (χ0n) is 14.4. The molecule has 8 heteroatoms. The third kappa shape index (κ3) is 4.87. The summed E-state index contributed by atoms with van der Waals surface area (Å²) in [7, 11) is -0.340. The van der Waals surface area contributed by atoms with Crippen LogP contribution >= 0.6 is 0 Å². The Morgan fingerprint density at radius 2 is 1.72 bits per heavy atom. The van der Waals surface area contributed by atoms with Crippen molar-refractivity contribution in [3.8, 4) is 11.5 Å². The van der Waals surface area contributed by atoms with Gasteiger partial charge in [0.2, 0.25) is 10.0 Å². The van der Waals surface area contributed by atoms with Crippen LogP contribution in [0.2, 0.25) is 0 Å². The molecule has 0 heterocycles. The number of carbonyl (C=O) groups excluding carboxylic acids is 1. The molecule has 0 saturated heterocycles. The number of rotatable bonds is 6. The molecule has 0 radical (unpaired) electrons. The molecule has 0 aromatic heterocycles. The van der Waals surface area contributed by atoms with Gasteiger partial charge in [-0.15, -0.1) is 0 Å². The van der Waals surface area contributed by atoms with Crippen molar-refractivity contribution in [2.24, 2.45) is 0 Å². The van der Waals surface area contributed by atoms with Gasteiger partial charge in [-0.25, -0.2) is 8.42 Å². The predicted octanol–water partition coefficient (Wildman–Crippen LogP) is 2.64. The summed E-state index contributed by atoms with van der Waals surface area (Å²) in [5, 5.41) is 2.76. The standard InChI is InChI=1S/C17H20N2O5S/c1-11-9-12(5-7-14(11)19-25(4,21)22)17(20)18-15-10-13(23-2)6-8-16(15)24-3/h5-10,19H,1-4H3,(H,18,20). The van der Waals surface area contributed by atoms with Crippen LogP contribution in [-0.4, -0.2) is 34.8 Å². The second-order valence-corrected chi connectivity index (χ2v) is 7.17. The van der Waals surface area contributed by atoms with Gasteiger partial charge in [-0.2, -0.15) is 0 Å². The highest BCUT2D eigenvalue weighted by molar-refractivity contribution is 7.92. The molecule has 2 rings (SSSR count). The first-order valence-corrected chi connectivity index (χ1v) is 9.24. The molecule has 1 amide bonds. The van der Waals surface area contributed by atoms with Crippen LogP contribution in [0.15, 0.2) is 36.4 Å². The number of methoxy groups -OCH3 is 2. The van der Waals surface area contributed by atoms with E-state index in [1.54, 1.807) is 43.3 Å². The topological polar surface area (TPSA) is 93.7 Å². The van der Waals surface area contributed by atoms with E-state index in [2.05, 4.69) is 10.0 Å². The second kappa shape index (κ2) is 7.43. The smallest absolute Gasteiger partial charge is 0.255 e. The molecule has 0 saturated carbocycles. The molecule has 2 aromatic rings. The van der Waals surface area contributed by atoms with Crippen molar-refractivity contribution in [3.05, 3.63) is 47.5 Å². The highest BCUT2D eigenvalue weighted by Crippen LogP contribution is 2.29. The van der Waals surface area contributed by atoms with Crippen molar-refractivity contribution in [2.75, 3.05) is 30.5 Å². The van der Waals surface area contributed by atoms with Crippen molar-refractivity contribution in [1.82, 2.24) is 0 Å². The molecule has 0 spiro atoms. The van der Waals surface area contributed by atoms with Gasteiger partial charge in [0.05, 0.1) is 31.9 Å². The molecular formula is C17H20N2O5S. The van der Waals surface area contributed by atoms with Gasteiger partial charge >= 0.3 is 0 Å². The summed E-state index contributed by atoms with van der Waals surface area (Å²) in [6.45, 7) is 1.72. The molecule has 0 unspecified atom stereocenters. The number of hydrogen-bond acceptors (Lipinski definition) is 5. The monoisotopic (exact) mass is 364 g/mol. The summed E-state index contributed by atoms with van der Waals surface area (Å²) in [6.07, 6.45) is 1.07. The third-order valence-electron chi connectivity index (χ3n) is 3.44. The summed E-state index contributed by atoms with van der Waals surface area (Å²) in [6, 6.07) is 9.78. The first-order chi connectivity index (χ1) is 11.7. The van der Waals surface area contributed by atoms with E-state index >= 15 is 0 Å². The Bertz CT molecular complexity index is 894. The van der Waals surface area contributed by atoms with Gasteiger partial charge in [-0.05, 0) is 42.8 Å². The van der Waals surface area contributed by atoms with Gasteiger partial charge < -0.3 is 14.8 Å². The van der Waals surface area contributed by atoms with E-state index in [1.165, 1.54) is 14.2 Å². The highest BCUT2D eigenvalue weighted by atomic mass is 32.2. The number of ether oxygens (including phenoxy) is 2. The van der Waals surface area contributed by atoms with Crippen LogP contribution in [0.4, 0.5) is 11.4 Å². The molecular weight excluding hydrogens is 344 g/mol. The molecule has 2 N–H and O–H groups in total. The summed E-state index contributed by atoms with van der Waals surface area (Å²) in [4.78, 5) is 12.5. The Kier molecular flexibility index (Phi) is 5.53. The fraction of sp³-hybridized carbons (Fsp3) is 0.235. The Balaban J connectivity index is 2.26. The van der Waals surface area contributed by atoms with E-state index in [0.29, 0.717) is 34.0 Å². The zero-order valence-corrected chi connectivity index (χ0v) is 15.2. The second-order valence-electron chi connectivity index (χ2n) is 5.42. The van der Waals surface area contributed by atoms with Gasteiger partial charge in [0.1, 0.15) is 11.5 Å². The summed E-state index contributed by atoms with van der Waals surface area (Å²) in [5.41, 5.74) is 1.93. The van der Waals surface area contributed by atoms with Gasteiger partial charge in [0, 0.05) is 11.6 Å². The lowest BCUT2D eigenvalue weighted by atomic mass is 10.1. The molecule has 0 aliphatic carbocycles. The molecule has 134 valence electrons. The lowest BCUT2D eigenvalue weighted by Gasteiger charge is -2.13. The number of anilines is 2. The minimum atomic E-state index is -3.38. The normalized spacial score (nSPS) is 10.9. The fourth-order valence-corrected chi connectivity index (χ4v) is 2.85. The minimum Gasteiger partial charge on any atom is -0.497 e. The molecule has 0 atom stereocenters. The van der Waals surface area contributed by atoms with Crippen LogP contribution in [0.3, 0.4) is 0 Å². The number of amides is 1. The average molecular weight is 364 g/mol. The molecule has 25 heavy (non-hydrogen) atoms. The fourth-order valence-electron chi connectivity index (χ4n) is 2.23. The number of hydrogen-bond donors (Lipinski definition) is 2. The summed E-state index contributed by atoms with van der Waals surface area (Å²) < 4.78 is 35.4. The maximum Gasteiger partial charge on any atom is 0.255 e. The molecule has 0 fully saturated rings. The molecule has 2 aromatic carbocycles. The van der Waals surface area contributed by atoms with E-state index < -0.39 is 10.0 Å². The van der Waals surface area contributed by atoms with E-state index in [9.17, 15) is 13.2 Å². The first kappa shape index (κ1) is 18.6. The third-order valence-corrected chi connectivity index (χ3v) is 4.03. The van der Waals surface area contributed by atoms with Crippen molar-refractivity contribution >= 4 is 27.3 Å². The van der Waals surface area contributed by atoms with Crippen LogP contribution in [0.25, 0.3) is 0 Å². The van der Waals surface area contributed by atoms with E-state index in [0.717, 1.165) is 6.26 Å². The van der Waals surface area contributed by atoms with Crippen LogP contribution < -0.4 is 19.5 Å². The minimum absolute atomic E-state index is 0.347. The SMILES string of the molecule is COc1ccc(OC)c(NC(=O)c2ccc(NS(C)(=O)=O)c(C)c2)c1. The Labute approximate surface area is 147 Å². The Morgan fingerprint density at radius 1 is 1.00 bits per heavy atom. The van der Waals surface area contributed by atoms with Gasteiger partial charge in [-0.1, -0.05) is 0 Å². The number of benzene rings is 2. The van der Waals surface area contributed by atoms with Crippen molar-refractivity contribution < 1.29 is 22.7 Å². The first-order valence-electron chi connectivity index (χ1n) is 7.35. The number of sulfonamides is 1. The van der Waals surface area contributed by atoms with Crippen LogP contribution in [0.1, 0.15) is 15.9 Å². The molecule has 0 aliphatic heterocycles. The number of carbonyl (C=O) groups is 1. The van der Waals surface area contributed by atoms with Gasteiger partial charge in [0.15, 0.2) is 0 Å². The number of nitrogens with one attached hydrogen (secondary N) is 2. The van der Waals surface area contributed by atoms with E-state index in [-0.39, 0.29) is 5.91 Å². The number of aryl methyl sites for hydroxylation is 1. The average Bonchev–Trinajstić information content (AvgIpc) is 2.55. The maximum atomic E-state index is 12.5. The van der Waals surface area contributed by atoms with Crippen molar-refractivity contribution in [1.29, 1.82) is 0 Å². The van der Waals surface area contributed by atoms with Crippen molar-refractivity contribution in [3.63, 3.8) is 0 Å². The lowest BCUT2D eigenvalue weighted by molar-refractivity contribution is 0.102. The lowest BCUT2D eigenvalue weighted by Crippen LogP contribution is -2.14. The molecule has 0 bridgehead atoms. The van der Waals surface area contributed by atoms with Crippen LogP contribution in [-0.2, 0) is 10.0 Å². The molecule has 7 nitrogen and oxygen atoms in total. The van der Waals surface area contributed by atoms with Crippen molar-refractivity contribution in [2.45, 2.75) is 6.92 Å². The van der Waals surface area contributed by atoms with Gasteiger partial charge in [0.25, 0.3) is 5.91 Å². The predicted molar refractivity (Wildman–Crippen MR) is 97.1 cm³/mol. The molecule has 0 aliphatic rings. The highest BCUT2D eigenvalue weighted by Gasteiger charge is 2.13. The largest absolute Gasteiger partial charge is 0.497 e. The van der Waals surface area contributed by atoms with Crippen LogP contribution in [0.5, 0.6) is 11.5 Å². The van der Waals surface area contributed by atoms with Gasteiger partial charge in [-0.3, -0.25) is 9.52 Å². The van der Waals surface area contributed by atoms with E-state index in [1.807, 2.05) is 0 Å². The maximum absolute atomic E-state index is 12.5. The zero-order chi connectivity index (χ0) is 18.6. The Hall–Kier alpha value is -2.74. The summed E-state index contributed by atoms with van der Waals surface area (Å²) in [5.74, 6) is 0.738. The Morgan fingerprint density at radius 3 is 2.28 bits per heavy atom. The van der Waals surface area contributed by atoms with E-state index in [4.69, 9.17) is 9.47 Å². The quantitative estimate of drug-likeness (QED) is 0.822.